The van der Waals surface area contributed by atoms with E-state index in [9.17, 15) is 4.79 Å². The molecule has 1 fully saturated rings. The number of nitrogens with zero attached hydrogens (tertiary/aromatic N) is 2. The SMILES string of the molecule is CCOc1ccccc1CNC(=O)C1CCCN(c2nc3ccccc3[nH]2)C1. The van der Waals surface area contributed by atoms with Gasteiger partial charge in [0.1, 0.15) is 5.75 Å². The Morgan fingerprint density at radius 3 is 2.93 bits per heavy atom. The molecule has 0 spiro atoms. The minimum Gasteiger partial charge on any atom is -0.494 e. The maximum absolute atomic E-state index is 12.8. The molecule has 0 bridgehead atoms. The molecule has 1 atom stereocenters. The number of carbonyl (C=O) groups is 1. The van der Waals surface area contributed by atoms with Crippen LogP contribution in [0, 0.1) is 5.92 Å². The van der Waals surface area contributed by atoms with E-state index in [-0.39, 0.29) is 11.8 Å². The fourth-order valence-corrected chi connectivity index (χ4v) is 3.75. The molecular formula is C22H26N4O2. The number of anilines is 1. The summed E-state index contributed by atoms with van der Waals surface area (Å²) in [5.41, 5.74) is 2.98. The normalized spacial score (nSPS) is 16.9. The van der Waals surface area contributed by atoms with Gasteiger partial charge >= 0.3 is 0 Å². The second-order valence-electron chi connectivity index (χ2n) is 7.12. The maximum atomic E-state index is 12.8. The van der Waals surface area contributed by atoms with Crippen molar-refractivity contribution in [2.24, 2.45) is 5.92 Å². The Morgan fingerprint density at radius 2 is 2.07 bits per heavy atom. The first-order valence-electron chi connectivity index (χ1n) is 9.92. The van der Waals surface area contributed by atoms with Crippen molar-refractivity contribution in [2.45, 2.75) is 26.3 Å². The predicted molar refractivity (Wildman–Crippen MR) is 110 cm³/mol. The number of imidazole rings is 1. The quantitative estimate of drug-likeness (QED) is 0.689. The lowest BCUT2D eigenvalue weighted by molar-refractivity contribution is -0.125. The van der Waals surface area contributed by atoms with E-state index in [4.69, 9.17) is 4.74 Å². The van der Waals surface area contributed by atoms with Crippen molar-refractivity contribution in [3.05, 3.63) is 54.1 Å². The number of carbonyl (C=O) groups excluding carboxylic acids is 1. The Labute approximate surface area is 164 Å². The van der Waals surface area contributed by atoms with Gasteiger partial charge in [0.15, 0.2) is 0 Å². The molecular weight excluding hydrogens is 352 g/mol. The van der Waals surface area contributed by atoms with Gasteiger partial charge in [-0.25, -0.2) is 4.98 Å². The summed E-state index contributed by atoms with van der Waals surface area (Å²) in [6.45, 7) is 4.65. The Bertz CT molecular complexity index is 919. The summed E-state index contributed by atoms with van der Waals surface area (Å²) >= 11 is 0. The van der Waals surface area contributed by atoms with E-state index in [2.05, 4.69) is 20.2 Å². The number of ether oxygens (including phenoxy) is 1. The minimum atomic E-state index is -0.0405. The number of hydrogen-bond donors (Lipinski definition) is 2. The third-order valence-corrected chi connectivity index (χ3v) is 5.19. The number of nitrogens with one attached hydrogen (secondary N) is 2. The number of hydrogen-bond acceptors (Lipinski definition) is 4. The van der Waals surface area contributed by atoms with Crippen molar-refractivity contribution in [2.75, 3.05) is 24.6 Å². The third kappa shape index (κ3) is 3.96. The van der Waals surface area contributed by atoms with Crippen molar-refractivity contribution in [3.63, 3.8) is 0 Å². The first-order chi connectivity index (χ1) is 13.7. The van der Waals surface area contributed by atoms with Gasteiger partial charge in [0, 0.05) is 25.2 Å². The molecule has 1 aliphatic heterocycles. The lowest BCUT2D eigenvalue weighted by Gasteiger charge is -2.31. The van der Waals surface area contributed by atoms with Crippen LogP contribution in [0.3, 0.4) is 0 Å². The van der Waals surface area contributed by atoms with Crippen molar-refractivity contribution in [1.82, 2.24) is 15.3 Å². The molecule has 2 heterocycles. The Kier molecular flexibility index (Phi) is 5.46. The highest BCUT2D eigenvalue weighted by Gasteiger charge is 2.27. The number of aromatic amines is 1. The number of piperidine rings is 1. The Balaban J connectivity index is 1.39. The van der Waals surface area contributed by atoms with Crippen molar-refractivity contribution in [1.29, 1.82) is 0 Å². The van der Waals surface area contributed by atoms with Gasteiger partial charge in [0.05, 0.1) is 23.6 Å². The van der Waals surface area contributed by atoms with E-state index in [0.29, 0.717) is 19.7 Å². The molecule has 1 aliphatic rings. The van der Waals surface area contributed by atoms with Crippen LogP contribution in [0.5, 0.6) is 5.75 Å². The lowest BCUT2D eigenvalue weighted by Crippen LogP contribution is -2.43. The zero-order valence-electron chi connectivity index (χ0n) is 16.1. The van der Waals surface area contributed by atoms with Gasteiger partial charge < -0.3 is 19.9 Å². The number of H-pyrrole nitrogens is 1. The maximum Gasteiger partial charge on any atom is 0.225 e. The van der Waals surface area contributed by atoms with E-state index in [1.54, 1.807) is 0 Å². The van der Waals surface area contributed by atoms with Gasteiger partial charge in [-0.05, 0) is 38.0 Å². The van der Waals surface area contributed by atoms with Crippen LogP contribution in [-0.4, -0.2) is 35.6 Å². The Hall–Kier alpha value is -3.02. The molecule has 28 heavy (non-hydrogen) atoms. The summed E-state index contributed by atoms with van der Waals surface area (Å²) in [6, 6.07) is 15.9. The van der Waals surface area contributed by atoms with E-state index in [1.807, 2.05) is 55.5 Å². The van der Waals surface area contributed by atoms with Crippen molar-refractivity contribution < 1.29 is 9.53 Å². The molecule has 0 saturated carbocycles. The van der Waals surface area contributed by atoms with Gasteiger partial charge in [-0.2, -0.15) is 0 Å². The average Bonchev–Trinajstić information content (AvgIpc) is 3.18. The molecule has 6 nitrogen and oxygen atoms in total. The number of fused-ring (bicyclic) bond motifs is 1. The highest BCUT2D eigenvalue weighted by atomic mass is 16.5. The highest BCUT2D eigenvalue weighted by Crippen LogP contribution is 2.24. The molecule has 1 amide bonds. The van der Waals surface area contributed by atoms with Crippen molar-refractivity contribution >= 4 is 22.9 Å². The molecule has 6 heteroatoms. The van der Waals surface area contributed by atoms with E-state index in [1.165, 1.54) is 0 Å². The van der Waals surface area contributed by atoms with Crippen LogP contribution in [0.25, 0.3) is 11.0 Å². The van der Waals surface area contributed by atoms with Crippen LogP contribution in [0.4, 0.5) is 5.95 Å². The molecule has 1 saturated heterocycles. The van der Waals surface area contributed by atoms with Crippen molar-refractivity contribution in [3.8, 4) is 5.75 Å². The molecule has 2 N–H and O–H groups in total. The smallest absolute Gasteiger partial charge is 0.225 e. The highest BCUT2D eigenvalue weighted by molar-refractivity contribution is 5.80. The second kappa shape index (κ2) is 8.33. The summed E-state index contributed by atoms with van der Waals surface area (Å²) in [5, 5.41) is 3.09. The summed E-state index contributed by atoms with van der Waals surface area (Å²) in [5.74, 6) is 1.73. The van der Waals surface area contributed by atoms with Gasteiger partial charge in [-0.1, -0.05) is 30.3 Å². The summed E-state index contributed by atoms with van der Waals surface area (Å²) in [7, 11) is 0. The number of benzene rings is 2. The van der Waals surface area contributed by atoms with Crippen LogP contribution < -0.4 is 15.0 Å². The molecule has 1 aromatic heterocycles. The molecule has 4 rings (SSSR count). The van der Waals surface area contributed by atoms with E-state index < -0.39 is 0 Å². The van der Waals surface area contributed by atoms with Gasteiger partial charge in [0.2, 0.25) is 11.9 Å². The lowest BCUT2D eigenvalue weighted by atomic mass is 9.97. The summed E-state index contributed by atoms with van der Waals surface area (Å²) in [6.07, 6.45) is 1.88. The topological polar surface area (TPSA) is 70.2 Å². The molecule has 0 radical (unpaired) electrons. The van der Waals surface area contributed by atoms with Crippen LogP contribution in [0.1, 0.15) is 25.3 Å². The molecule has 3 aromatic rings. The standard InChI is InChI=1S/C22H26N4O2/c1-2-28-20-12-6-3-8-16(20)14-23-21(27)17-9-7-13-26(15-17)22-24-18-10-4-5-11-19(18)25-22/h3-6,8,10-12,17H,2,7,9,13-15H2,1H3,(H,23,27)(H,24,25). The van der Waals surface area contributed by atoms with Gasteiger partial charge in [-0.3, -0.25) is 4.79 Å². The Morgan fingerprint density at radius 1 is 1.25 bits per heavy atom. The predicted octanol–water partition coefficient (Wildman–Crippen LogP) is 3.49. The first kappa shape index (κ1) is 18.3. The van der Waals surface area contributed by atoms with Gasteiger partial charge in [-0.15, -0.1) is 0 Å². The summed E-state index contributed by atoms with van der Waals surface area (Å²) in [4.78, 5) is 23.0. The number of aromatic nitrogens is 2. The summed E-state index contributed by atoms with van der Waals surface area (Å²) < 4.78 is 5.65. The molecule has 2 aromatic carbocycles. The van der Waals surface area contributed by atoms with Crippen LogP contribution in [0.2, 0.25) is 0 Å². The first-order valence-corrected chi connectivity index (χ1v) is 9.92. The molecule has 1 unspecified atom stereocenters. The number of rotatable bonds is 6. The average molecular weight is 378 g/mol. The van der Waals surface area contributed by atoms with Crippen LogP contribution in [0.15, 0.2) is 48.5 Å². The minimum absolute atomic E-state index is 0.0405. The zero-order valence-corrected chi connectivity index (χ0v) is 16.1. The van der Waals surface area contributed by atoms with Crippen LogP contribution >= 0.6 is 0 Å². The van der Waals surface area contributed by atoms with Gasteiger partial charge in [0.25, 0.3) is 0 Å². The van der Waals surface area contributed by atoms with E-state index in [0.717, 1.165) is 47.7 Å². The number of para-hydroxylation sites is 3. The zero-order chi connectivity index (χ0) is 19.3. The monoisotopic (exact) mass is 378 g/mol. The largest absolute Gasteiger partial charge is 0.494 e. The fraction of sp³-hybridized carbons (Fsp3) is 0.364. The molecule has 0 aliphatic carbocycles. The molecule has 146 valence electrons. The van der Waals surface area contributed by atoms with E-state index >= 15 is 0 Å². The number of amides is 1. The third-order valence-electron chi connectivity index (χ3n) is 5.19. The fourth-order valence-electron chi connectivity index (χ4n) is 3.75. The van der Waals surface area contributed by atoms with Crippen LogP contribution in [-0.2, 0) is 11.3 Å². The second-order valence-corrected chi connectivity index (χ2v) is 7.12.